The van der Waals surface area contributed by atoms with Crippen molar-refractivity contribution in [2.24, 2.45) is 0 Å². The number of aryl methyl sites for hydroxylation is 1. The van der Waals surface area contributed by atoms with Gasteiger partial charge in [0.1, 0.15) is 10.2 Å². The topological polar surface area (TPSA) is 84.1 Å². The van der Waals surface area contributed by atoms with Crippen molar-refractivity contribution in [2.45, 2.75) is 13.8 Å². The highest BCUT2D eigenvalue weighted by Crippen LogP contribution is 2.21. The Labute approximate surface area is 130 Å². The summed E-state index contributed by atoms with van der Waals surface area (Å²) in [6.07, 6.45) is 3.01. The number of halogens is 1. The summed E-state index contributed by atoms with van der Waals surface area (Å²) in [6.45, 7) is 3.74. The Morgan fingerprint density at radius 1 is 1.43 bits per heavy atom. The Balaban J connectivity index is 2.22. The number of aromatic nitrogens is 2. The number of ether oxygens (including phenoxy) is 1. The maximum absolute atomic E-state index is 12.1. The van der Waals surface area contributed by atoms with Crippen LogP contribution in [0.3, 0.4) is 0 Å². The lowest BCUT2D eigenvalue weighted by Gasteiger charge is -2.07. The summed E-state index contributed by atoms with van der Waals surface area (Å²) < 4.78 is 5.62. The van der Waals surface area contributed by atoms with Crippen molar-refractivity contribution in [2.75, 3.05) is 11.9 Å². The van der Waals surface area contributed by atoms with Gasteiger partial charge in [-0.25, -0.2) is 9.78 Å². The Hall–Kier alpha value is -2.15. The van der Waals surface area contributed by atoms with Gasteiger partial charge >= 0.3 is 5.97 Å². The summed E-state index contributed by atoms with van der Waals surface area (Å²) in [7, 11) is 0. The van der Waals surface area contributed by atoms with Gasteiger partial charge in [-0.05, 0) is 41.9 Å². The van der Waals surface area contributed by atoms with Gasteiger partial charge in [0.2, 0.25) is 0 Å². The van der Waals surface area contributed by atoms with E-state index in [0.29, 0.717) is 27.1 Å². The molecule has 0 aliphatic rings. The number of hydrogen-bond donors (Lipinski definition) is 2. The fourth-order valence-electron chi connectivity index (χ4n) is 1.80. The minimum atomic E-state index is -0.472. The molecule has 2 N–H and O–H groups in total. The van der Waals surface area contributed by atoms with Crippen LogP contribution in [-0.4, -0.2) is 28.5 Å². The average molecular weight is 352 g/mol. The van der Waals surface area contributed by atoms with Crippen LogP contribution in [0.1, 0.15) is 33.3 Å². The molecule has 1 amide bonds. The zero-order chi connectivity index (χ0) is 15.4. The van der Waals surface area contributed by atoms with Gasteiger partial charge in [0.05, 0.1) is 17.9 Å². The summed E-state index contributed by atoms with van der Waals surface area (Å²) in [5, 5.41) is 2.68. The number of nitrogens with one attached hydrogen (secondary N) is 2. The summed E-state index contributed by atoms with van der Waals surface area (Å²) in [6, 6.07) is 3.31. The molecule has 0 radical (unpaired) electrons. The van der Waals surface area contributed by atoms with E-state index in [0.717, 1.165) is 0 Å². The first-order valence-corrected chi connectivity index (χ1v) is 7.10. The first kappa shape index (κ1) is 15.2. The number of anilines is 1. The van der Waals surface area contributed by atoms with Crippen molar-refractivity contribution in [1.82, 2.24) is 9.97 Å². The van der Waals surface area contributed by atoms with Gasteiger partial charge in [-0.2, -0.15) is 0 Å². The molecule has 6 nitrogen and oxygen atoms in total. The Morgan fingerprint density at radius 3 is 2.81 bits per heavy atom. The van der Waals surface area contributed by atoms with E-state index in [1.807, 2.05) is 0 Å². The molecule has 2 aromatic rings. The van der Waals surface area contributed by atoms with Crippen LogP contribution in [0.15, 0.2) is 29.1 Å². The van der Waals surface area contributed by atoms with Crippen molar-refractivity contribution in [1.29, 1.82) is 0 Å². The van der Waals surface area contributed by atoms with E-state index in [1.54, 1.807) is 32.2 Å². The van der Waals surface area contributed by atoms with Crippen LogP contribution in [0, 0.1) is 6.92 Å². The molecule has 2 heterocycles. The third-order valence-corrected chi connectivity index (χ3v) is 3.26. The number of hydrogen-bond acceptors (Lipinski definition) is 4. The van der Waals surface area contributed by atoms with Crippen molar-refractivity contribution in [3.05, 3.63) is 46.0 Å². The van der Waals surface area contributed by atoms with Crippen molar-refractivity contribution in [3.8, 4) is 0 Å². The van der Waals surface area contributed by atoms with Gasteiger partial charge in [0.15, 0.2) is 0 Å². The molecule has 7 heteroatoms. The van der Waals surface area contributed by atoms with E-state index in [4.69, 9.17) is 4.74 Å². The SMILES string of the molecule is CCOC(=O)c1c(NC(=O)c2ccc(Br)nc2)c[nH]c1C. The Kier molecular flexibility index (Phi) is 4.74. The number of amides is 1. The van der Waals surface area contributed by atoms with Gasteiger partial charge in [-0.1, -0.05) is 0 Å². The number of carbonyl (C=O) groups is 2. The Morgan fingerprint density at radius 2 is 2.19 bits per heavy atom. The lowest BCUT2D eigenvalue weighted by Crippen LogP contribution is -2.15. The first-order valence-electron chi connectivity index (χ1n) is 6.31. The molecule has 0 spiro atoms. The summed E-state index contributed by atoms with van der Waals surface area (Å²) in [5.41, 5.74) is 1.75. The number of H-pyrrole nitrogens is 1. The molecule has 0 atom stereocenters. The van der Waals surface area contributed by atoms with Crippen LogP contribution in [0.25, 0.3) is 0 Å². The lowest BCUT2D eigenvalue weighted by atomic mass is 10.2. The van der Waals surface area contributed by atoms with E-state index in [1.165, 1.54) is 6.20 Å². The molecule has 110 valence electrons. The van der Waals surface area contributed by atoms with Crippen molar-refractivity contribution >= 4 is 33.5 Å². The van der Waals surface area contributed by atoms with Gasteiger partial charge < -0.3 is 15.0 Å². The molecule has 2 rings (SSSR count). The van der Waals surface area contributed by atoms with Crippen LogP contribution < -0.4 is 5.32 Å². The molecular formula is C14H14BrN3O3. The molecular weight excluding hydrogens is 338 g/mol. The van der Waals surface area contributed by atoms with Gasteiger partial charge in [0.25, 0.3) is 5.91 Å². The quantitative estimate of drug-likeness (QED) is 0.655. The van der Waals surface area contributed by atoms with Crippen molar-refractivity contribution < 1.29 is 14.3 Å². The molecule has 21 heavy (non-hydrogen) atoms. The highest BCUT2D eigenvalue weighted by molar-refractivity contribution is 9.10. The van der Waals surface area contributed by atoms with E-state index in [2.05, 4.69) is 31.2 Å². The average Bonchev–Trinajstić information content (AvgIpc) is 2.80. The minimum absolute atomic E-state index is 0.271. The van der Waals surface area contributed by atoms with Crippen LogP contribution in [0.4, 0.5) is 5.69 Å². The molecule has 0 saturated heterocycles. The second-order valence-electron chi connectivity index (χ2n) is 4.25. The predicted molar refractivity (Wildman–Crippen MR) is 81.4 cm³/mol. The maximum Gasteiger partial charge on any atom is 0.342 e. The fraction of sp³-hybridized carbons (Fsp3) is 0.214. The zero-order valence-corrected chi connectivity index (χ0v) is 13.2. The summed E-state index contributed by atoms with van der Waals surface area (Å²) >= 11 is 3.20. The van der Waals surface area contributed by atoms with Crippen LogP contribution in [-0.2, 0) is 4.74 Å². The first-order chi connectivity index (χ1) is 10.0. The molecule has 0 aliphatic carbocycles. The number of esters is 1. The van der Waals surface area contributed by atoms with E-state index in [-0.39, 0.29) is 12.5 Å². The van der Waals surface area contributed by atoms with E-state index >= 15 is 0 Å². The molecule has 0 aromatic carbocycles. The largest absolute Gasteiger partial charge is 0.462 e. The zero-order valence-electron chi connectivity index (χ0n) is 11.6. The highest BCUT2D eigenvalue weighted by Gasteiger charge is 2.19. The molecule has 2 aromatic heterocycles. The predicted octanol–water partition coefficient (Wildman–Crippen LogP) is 2.91. The van der Waals surface area contributed by atoms with Gasteiger partial charge in [-0.3, -0.25) is 4.79 Å². The van der Waals surface area contributed by atoms with E-state index in [9.17, 15) is 9.59 Å². The van der Waals surface area contributed by atoms with Crippen molar-refractivity contribution in [3.63, 3.8) is 0 Å². The standard InChI is InChI=1S/C14H14BrN3O3/c1-3-21-14(20)12-8(2)16-7-10(12)18-13(19)9-4-5-11(15)17-6-9/h4-7,16H,3H2,1-2H3,(H,18,19). The Bertz CT molecular complexity index is 665. The molecule has 0 unspecified atom stereocenters. The number of rotatable bonds is 4. The third-order valence-electron chi connectivity index (χ3n) is 2.79. The summed E-state index contributed by atoms with van der Waals surface area (Å²) in [4.78, 5) is 30.9. The number of aromatic amines is 1. The molecule has 0 fully saturated rings. The molecule has 0 bridgehead atoms. The highest BCUT2D eigenvalue weighted by atomic mass is 79.9. The minimum Gasteiger partial charge on any atom is -0.462 e. The van der Waals surface area contributed by atoms with Crippen LogP contribution in [0.2, 0.25) is 0 Å². The lowest BCUT2D eigenvalue weighted by molar-refractivity contribution is 0.0527. The van der Waals surface area contributed by atoms with Crippen LogP contribution in [0.5, 0.6) is 0 Å². The van der Waals surface area contributed by atoms with Crippen LogP contribution >= 0.6 is 15.9 Å². The second-order valence-corrected chi connectivity index (χ2v) is 5.06. The normalized spacial score (nSPS) is 10.2. The van der Waals surface area contributed by atoms with E-state index < -0.39 is 5.97 Å². The molecule has 0 aliphatic heterocycles. The van der Waals surface area contributed by atoms with Gasteiger partial charge in [-0.15, -0.1) is 0 Å². The van der Waals surface area contributed by atoms with Gasteiger partial charge in [0, 0.05) is 18.1 Å². The third kappa shape index (κ3) is 3.49. The maximum atomic E-state index is 12.1. The monoisotopic (exact) mass is 351 g/mol. The number of carbonyl (C=O) groups excluding carboxylic acids is 2. The summed E-state index contributed by atoms with van der Waals surface area (Å²) in [5.74, 6) is -0.819. The smallest absolute Gasteiger partial charge is 0.342 e. The fourth-order valence-corrected chi connectivity index (χ4v) is 2.03. The molecule has 0 saturated carbocycles. The number of pyridine rings is 1. The number of nitrogens with zero attached hydrogens (tertiary/aromatic N) is 1. The second kappa shape index (κ2) is 6.53.